The van der Waals surface area contributed by atoms with Gasteiger partial charge in [-0.15, -0.1) is 0 Å². The molecule has 0 bridgehead atoms. The third kappa shape index (κ3) is 3.83. The number of imidazole rings is 1. The summed E-state index contributed by atoms with van der Waals surface area (Å²) in [6, 6.07) is 51.8. The standard InChI is InChI=1S/C39H25N3O2/c1-2-10-29(11-3-1)43-30-24-20-26(21-25-30)37-38(42-35-16-8-9-17-36(35)44-39(42)40-37)27-18-22-28(23-19-27)41-33-14-6-4-12-31(33)32-13-5-7-15-34(32)41/h1-25H. The van der Waals surface area contributed by atoms with Crippen molar-refractivity contribution in [3.63, 3.8) is 0 Å². The second-order valence-electron chi connectivity index (χ2n) is 10.9. The predicted molar refractivity (Wildman–Crippen MR) is 177 cm³/mol. The lowest BCUT2D eigenvalue weighted by atomic mass is 10.0. The van der Waals surface area contributed by atoms with Crippen LogP contribution < -0.4 is 4.74 Å². The van der Waals surface area contributed by atoms with Crippen molar-refractivity contribution >= 4 is 38.7 Å². The Kier molecular flexibility index (Phi) is 5.43. The van der Waals surface area contributed by atoms with Crippen molar-refractivity contribution in [1.82, 2.24) is 14.0 Å². The molecule has 0 N–H and O–H groups in total. The number of oxazole rings is 1. The van der Waals surface area contributed by atoms with E-state index in [4.69, 9.17) is 14.1 Å². The highest BCUT2D eigenvalue weighted by Gasteiger charge is 2.21. The first-order chi connectivity index (χ1) is 21.8. The summed E-state index contributed by atoms with van der Waals surface area (Å²) in [5, 5.41) is 2.49. The van der Waals surface area contributed by atoms with Crippen LogP contribution in [0.3, 0.4) is 0 Å². The number of aromatic nitrogens is 3. The minimum Gasteiger partial charge on any atom is -0.457 e. The number of benzene rings is 6. The summed E-state index contributed by atoms with van der Waals surface area (Å²) < 4.78 is 16.7. The molecule has 0 saturated heterocycles. The molecule has 0 spiro atoms. The third-order valence-electron chi connectivity index (χ3n) is 8.24. The SMILES string of the molecule is c1ccc(Oc2ccc(-c3nc4oc5ccccc5n4c3-c3ccc(-n4c5ccccc5c5ccccc54)cc3)cc2)cc1. The van der Waals surface area contributed by atoms with Gasteiger partial charge in [-0.05, 0) is 72.8 Å². The van der Waals surface area contributed by atoms with Crippen LogP contribution in [-0.2, 0) is 0 Å². The summed E-state index contributed by atoms with van der Waals surface area (Å²) >= 11 is 0. The van der Waals surface area contributed by atoms with Crippen LogP contribution in [0.1, 0.15) is 0 Å². The van der Waals surface area contributed by atoms with Crippen molar-refractivity contribution in [2.75, 3.05) is 0 Å². The van der Waals surface area contributed by atoms with Gasteiger partial charge in [0.25, 0.3) is 0 Å². The minimum atomic E-state index is 0.562. The molecule has 208 valence electrons. The smallest absolute Gasteiger partial charge is 0.307 e. The molecule has 0 fully saturated rings. The molecule has 0 aliphatic heterocycles. The molecule has 3 heterocycles. The zero-order valence-electron chi connectivity index (χ0n) is 23.6. The molecular formula is C39H25N3O2. The maximum absolute atomic E-state index is 6.22. The third-order valence-corrected chi connectivity index (χ3v) is 8.24. The summed E-state index contributed by atoms with van der Waals surface area (Å²) in [6.07, 6.45) is 0. The molecule has 6 aromatic carbocycles. The van der Waals surface area contributed by atoms with Gasteiger partial charge in [-0.25, -0.2) is 0 Å². The molecule has 3 aromatic heterocycles. The van der Waals surface area contributed by atoms with E-state index in [0.29, 0.717) is 5.84 Å². The number of rotatable bonds is 5. The minimum absolute atomic E-state index is 0.562. The van der Waals surface area contributed by atoms with Crippen LogP contribution in [0.2, 0.25) is 0 Å². The Morgan fingerprint density at radius 3 is 1.77 bits per heavy atom. The molecule has 9 aromatic rings. The van der Waals surface area contributed by atoms with Crippen molar-refractivity contribution in [2.24, 2.45) is 0 Å². The van der Waals surface area contributed by atoms with Crippen molar-refractivity contribution < 1.29 is 9.15 Å². The van der Waals surface area contributed by atoms with E-state index in [1.54, 1.807) is 0 Å². The maximum Gasteiger partial charge on any atom is 0.307 e. The Morgan fingerprint density at radius 2 is 1.07 bits per heavy atom. The zero-order chi connectivity index (χ0) is 29.0. The Labute approximate surface area is 252 Å². The van der Waals surface area contributed by atoms with Crippen LogP contribution in [0.5, 0.6) is 11.5 Å². The highest BCUT2D eigenvalue weighted by Crippen LogP contribution is 2.38. The van der Waals surface area contributed by atoms with Gasteiger partial charge in [0.1, 0.15) is 17.2 Å². The van der Waals surface area contributed by atoms with Gasteiger partial charge in [-0.2, -0.15) is 4.98 Å². The first-order valence-electron chi connectivity index (χ1n) is 14.6. The maximum atomic E-state index is 6.22. The fourth-order valence-corrected chi connectivity index (χ4v) is 6.26. The van der Waals surface area contributed by atoms with Crippen LogP contribution in [0, 0.1) is 0 Å². The molecule has 9 rings (SSSR count). The summed E-state index contributed by atoms with van der Waals surface area (Å²) in [4.78, 5) is 5.01. The first kappa shape index (κ1) is 24.5. The Balaban J connectivity index is 1.19. The molecule has 0 radical (unpaired) electrons. The Morgan fingerprint density at radius 1 is 0.500 bits per heavy atom. The number of hydrogen-bond acceptors (Lipinski definition) is 3. The molecule has 0 saturated carbocycles. The van der Waals surface area contributed by atoms with Crippen LogP contribution >= 0.6 is 0 Å². The van der Waals surface area contributed by atoms with Crippen molar-refractivity contribution in [2.45, 2.75) is 0 Å². The highest BCUT2D eigenvalue weighted by molar-refractivity contribution is 6.09. The Bertz CT molecular complexity index is 2400. The van der Waals surface area contributed by atoms with Gasteiger partial charge in [0, 0.05) is 27.6 Å². The largest absolute Gasteiger partial charge is 0.457 e. The topological polar surface area (TPSA) is 44.6 Å². The second kappa shape index (κ2) is 9.75. The summed E-state index contributed by atoms with van der Waals surface area (Å²) in [5.74, 6) is 2.13. The van der Waals surface area contributed by atoms with Gasteiger partial charge in [-0.1, -0.05) is 78.9 Å². The van der Waals surface area contributed by atoms with Crippen molar-refractivity contribution in [1.29, 1.82) is 0 Å². The number of para-hydroxylation sites is 5. The van der Waals surface area contributed by atoms with E-state index in [0.717, 1.165) is 50.8 Å². The molecule has 0 amide bonds. The van der Waals surface area contributed by atoms with E-state index in [1.165, 1.54) is 21.8 Å². The van der Waals surface area contributed by atoms with Crippen molar-refractivity contribution in [3.8, 4) is 39.7 Å². The number of ether oxygens (including phenoxy) is 1. The monoisotopic (exact) mass is 567 g/mol. The van der Waals surface area contributed by atoms with Gasteiger partial charge < -0.3 is 13.7 Å². The molecule has 0 aliphatic carbocycles. The lowest BCUT2D eigenvalue weighted by Gasteiger charge is -2.11. The van der Waals surface area contributed by atoms with Gasteiger partial charge in [0.05, 0.1) is 22.2 Å². The quantitative estimate of drug-likeness (QED) is 0.208. The Hall–Kier alpha value is -6.07. The summed E-state index contributed by atoms with van der Waals surface area (Å²) in [6.45, 7) is 0. The summed E-state index contributed by atoms with van der Waals surface area (Å²) in [7, 11) is 0. The second-order valence-corrected chi connectivity index (χ2v) is 10.9. The van der Waals surface area contributed by atoms with Gasteiger partial charge >= 0.3 is 5.84 Å². The molecule has 0 atom stereocenters. The fraction of sp³-hybridized carbons (Fsp3) is 0. The molecule has 5 nitrogen and oxygen atoms in total. The normalized spacial score (nSPS) is 11.6. The highest BCUT2D eigenvalue weighted by atomic mass is 16.5. The summed E-state index contributed by atoms with van der Waals surface area (Å²) in [5.41, 5.74) is 9.12. The van der Waals surface area contributed by atoms with E-state index in [-0.39, 0.29) is 0 Å². The van der Waals surface area contributed by atoms with Gasteiger partial charge in [0.2, 0.25) is 0 Å². The van der Waals surface area contributed by atoms with Crippen LogP contribution in [0.15, 0.2) is 156 Å². The van der Waals surface area contributed by atoms with Crippen LogP contribution in [-0.4, -0.2) is 14.0 Å². The molecule has 0 aliphatic rings. The van der Waals surface area contributed by atoms with Gasteiger partial charge in [-0.3, -0.25) is 4.40 Å². The lowest BCUT2D eigenvalue weighted by Crippen LogP contribution is -1.95. The zero-order valence-corrected chi connectivity index (χ0v) is 23.6. The average molecular weight is 568 g/mol. The molecular weight excluding hydrogens is 542 g/mol. The van der Waals surface area contributed by atoms with E-state index >= 15 is 0 Å². The first-order valence-corrected chi connectivity index (χ1v) is 14.6. The van der Waals surface area contributed by atoms with Crippen molar-refractivity contribution in [3.05, 3.63) is 152 Å². The molecule has 5 heteroatoms. The number of nitrogens with zero attached hydrogens (tertiary/aromatic N) is 3. The van der Waals surface area contributed by atoms with Crippen LogP contribution in [0.25, 0.3) is 67.0 Å². The number of fused-ring (bicyclic) bond motifs is 6. The predicted octanol–water partition coefficient (Wildman–Crippen LogP) is 10.3. The molecule has 44 heavy (non-hydrogen) atoms. The fourth-order valence-electron chi connectivity index (χ4n) is 6.26. The lowest BCUT2D eigenvalue weighted by molar-refractivity contribution is 0.483. The van der Waals surface area contributed by atoms with Gasteiger partial charge in [0.15, 0.2) is 5.58 Å². The van der Waals surface area contributed by atoms with Crippen LogP contribution in [0.4, 0.5) is 0 Å². The van der Waals surface area contributed by atoms with E-state index in [2.05, 4.69) is 100.0 Å². The average Bonchev–Trinajstić information content (AvgIpc) is 3.74. The van der Waals surface area contributed by atoms with E-state index in [1.807, 2.05) is 60.7 Å². The van der Waals surface area contributed by atoms with E-state index < -0.39 is 0 Å². The molecule has 0 unspecified atom stereocenters. The number of hydrogen-bond donors (Lipinski definition) is 0. The van der Waals surface area contributed by atoms with E-state index in [9.17, 15) is 0 Å².